The molecular weight excluding hydrogens is 310 g/mol. The van der Waals surface area contributed by atoms with Crippen molar-refractivity contribution in [2.75, 3.05) is 5.32 Å². The second-order valence-corrected chi connectivity index (χ2v) is 5.83. The molecule has 0 saturated carbocycles. The van der Waals surface area contributed by atoms with E-state index in [2.05, 4.69) is 17.2 Å². The second kappa shape index (κ2) is 6.84. The van der Waals surface area contributed by atoms with Crippen LogP contribution < -0.4 is 10.9 Å². The van der Waals surface area contributed by atoms with Gasteiger partial charge in [0.15, 0.2) is 0 Å². The number of halogens is 1. The van der Waals surface area contributed by atoms with Crippen LogP contribution in [0.5, 0.6) is 0 Å². The molecule has 1 N–H and O–H groups in total. The zero-order chi connectivity index (χ0) is 16.2. The highest BCUT2D eigenvalue weighted by molar-refractivity contribution is 6.30. The van der Waals surface area contributed by atoms with E-state index >= 15 is 0 Å². The van der Waals surface area contributed by atoms with Crippen molar-refractivity contribution in [2.24, 2.45) is 0 Å². The van der Waals surface area contributed by atoms with E-state index in [-0.39, 0.29) is 5.56 Å². The first-order chi connectivity index (χ1) is 11.2. The lowest BCUT2D eigenvalue weighted by atomic mass is 10.2. The third-order valence-electron chi connectivity index (χ3n) is 3.70. The van der Waals surface area contributed by atoms with E-state index in [1.165, 1.54) is 0 Å². The van der Waals surface area contributed by atoms with E-state index in [1.807, 2.05) is 36.4 Å². The Labute approximate surface area is 139 Å². The number of aromatic nitrogens is 2. The van der Waals surface area contributed by atoms with Gasteiger partial charge >= 0.3 is 0 Å². The van der Waals surface area contributed by atoms with Gasteiger partial charge in [-0.05, 0) is 42.8 Å². The average Bonchev–Trinajstić information content (AvgIpc) is 2.57. The molecule has 2 aromatic carbocycles. The van der Waals surface area contributed by atoms with Crippen LogP contribution in [0.15, 0.2) is 53.3 Å². The Bertz CT molecular complexity index is 872. The normalized spacial score (nSPS) is 10.9. The van der Waals surface area contributed by atoms with Crippen LogP contribution in [0.3, 0.4) is 0 Å². The first-order valence-corrected chi connectivity index (χ1v) is 8.09. The van der Waals surface area contributed by atoms with Gasteiger partial charge in [-0.25, -0.2) is 4.98 Å². The number of unbranched alkanes of at least 4 members (excludes halogenated alkanes) is 1. The fourth-order valence-electron chi connectivity index (χ4n) is 2.45. The molecule has 118 valence electrons. The monoisotopic (exact) mass is 327 g/mol. The van der Waals surface area contributed by atoms with Gasteiger partial charge in [-0.15, -0.1) is 0 Å². The molecule has 0 spiro atoms. The quantitative estimate of drug-likeness (QED) is 0.745. The van der Waals surface area contributed by atoms with E-state index < -0.39 is 0 Å². The van der Waals surface area contributed by atoms with Crippen LogP contribution in [0.2, 0.25) is 5.02 Å². The standard InChI is InChI=1S/C18H18ClN3O/c1-2-3-12-22-17(23)15-6-4-5-7-16(15)21-18(22)20-14-10-8-13(19)9-11-14/h4-11H,2-3,12H2,1H3,(H,20,21). The molecule has 0 aliphatic heterocycles. The molecule has 23 heavy (non-hydrogen) atoms. The number of fused-ring (bicyclic) bond motifs is 1. The molecule has 0 aliphatic rings. The third-order valence-corrected chi connectivity index (χ3v) is 3.95. The highest BCUT2D eigenvalue weighted by Gasteiger charge is 2.10. The Morgan fingerprint density at radius 3 is 2.61 bits per heavy atom. The van der Waals surface area contributed by atoms with Crippen molar-refractivity contribution >= 4 is 34.1 Å². The average molecular weight is 328 g/mol. The Hall–Kier alpha value is -2.33. The van der Waals surface area contributed by atoms with Gasteiger partial charge in [-0.3, -0.25) is 9.36 Å². The number of para-hydroxylation sites is 1. The zero-order valence-electron chi connectivity index (χ0n) is 12.9. The topological polar surface area (TPSA) is 46.9 Å². The van der Waals surface area contributed by atoms with Crippen LogP contribution >= 0.6 is 11.6 Å². The lowest BCUT2D eigenvalue weighted by Gasteiger charge is -2.14. The van der Waals surface area contributed by atoms with Crippen LogP contribution in [0, 0.1) is 0 Å². The number of hydrogen-bond acceptors (Lipinski definition) is 3. The van der Waals surface area contributed by atoms with Crippen molar-refractivity contribution in [3.63, 3.8) is 0 Å². The van der Waals surface area contributed by atoms with Crippen LogP contribution in [0.25, 0.3) is 10.9 Å². The molecule has 3 aromatic rings. The Balaban J connectivity index is 2.09. The van der Waals surface area contributed by atoms with Gasteiger partial charge in [0.05, 0.1) is 10.9 Å². The summed E-state index contributed by atoms with van der Waals surface area (Å²) in [7, 11) is 0. The van der Waals surface area contributed by atoms with E-state index in [0.29, 0.717) is 28.4 Å². The van der Waals surface area contributed by atoms with Gasteiger partial charge in [0.2, 0.25) is 5.95 Å². The van der Waals surface area contributed by atoms with Crippen LogP contribution in [-0.2, 0) is 6.54 Å². The maximum Gasteiger partial charge on any atom is 0.262 e. The first-order valence-electron chi connectivity index (χ1n) is 7.71. The summed E-state index contributed by atoms with van der Waals surface area (Å²) < 4.78 is 1.71. The summed E-state index contributed by atoms with van der Waals surface area (Å²) >= 11 is 5.92. The second-order valence-electron chi connectivity index (χ2n) is 5.39. The smallest absolute Gasteiger partial charge is 0.262 e. The van der Waals surface area contributed by atoms with E-state index in [0.717, 1.165) is 18.5 Å². The Morgan fingerprint density at radius 1 is 1.13 bits per heavy atom. The van der Waals surface area contributed by atoms with Crippen LogP contribution in [0.1, 0.15) is 19.8 Å². The van der Waals surface area contributed by atoms with Crippen molar-refractivity contribution in [1.82, 2.24) is 9.55 Å². The number of hydrogen-bond donors (Lipinski definition) is 1. The third kappa shape index (κ3) is 3.37. The highest BCUT2D eigenvalue weighted by atomic mass is 35.5. The van der Waals surface area contributed by atoms with Crippen molar-refractivity contribution in [2.45, 2.75) is 26.3 Å². The molecule has 5 heteroatoms. The zero-order valence-corrected chi connectivity index (χ0v) is 13.7. The molecule has 0 unspecified atom stereocenters. The van der Waals surface area contributed by atoms with Gasteiger partial charge in [0.1, 0.15) is 0 Å². The number of benzene rings is 2. The summed E-state index contributed by atoms with van der Waals surface area (Å²) in [5.74, 6) is 0.560. The minimum Gasteiger partial charge on any atom is -0.326 e. The van der Waals surface area contributed by atoms with Gasteiger partial charge in [0.25, 0.3) is 5.56 Å². The number of rotatable bonds is 5. The minimum absolute atomic E-state index is 0.0134. The molecule has 0 amide bonds. The fraction of sp³-hybridized carbons (Fsp3) is 0.222. The van der Waals surface area contributed by atoms with Crippen molar-refractivity contribution in [3.8, 4) is 0 Å². The molecule has 0 fully saturated rings. The maximum absolute atomic E-state index is 12.8. The molecule has 0 atom stereocenters. The van der Waals surface area contributed by atoms with Gasteiger partial charge in [-0.2, -0.15) is 0 Å². The van der Waals surface area contributed by atoms with E-state index in [9.17, 15) is 4.79 Å². The summed E-state index contributed by atoms with van der Waals surface area (Å²) in [6.07, 6.45) is 1.94. The Kier molecular flexibility index (Phi) is 4.63. The lowest BCUT2D eigenvalue weighted by Crippen LogP contribution is -2.24. The summed E-state index contributed by atoms with van der Waals surface area (Å²) in [4.78, 5) is 17.4. The maximum atomic E-state index is 12.8. The Morgan fingerprint density at radius 2 is 1.87 bits per heavy atom. The first kappa shape index (κ1) is 15.6. The van der Waals surface area contributed by atoms with Crippen molar-refractivity contribution in [1.29, 1.82) is 0 Å². The molecule has 1 heterocycles. The van der Waals surface area contributed by atoms with Gasteiger partial charge in [0, 0.05) is 17.3 Å². The number of nitrogens with zero attached hydrogens (tertiary/aromatic N) is 2. The van der Waals surface area contributed by atoms with E-state index in [1.54, 1.807) is 16.7 Å². The SMILES string of the molecule is CCCCn1c(Nc2ccc(Cl)cc2)nc2ccccc2c1=O. The molecule has 3 rings (SSSR count). The molecule has 1 aromatic heterocycles. The van der Waals surface area contributed by atoms with Crippen molar-refractivity contribution < 1.29 is 0 Å². The van der Waals surface area contributed by atoms with E-state index in [4.69, 9.17) is 11.6 Å². The van der Waals surface area contributed by atoms with Crippen molar-refractivity contribution in [3.05, 3.63) is 63.9 Å². The number of nitrogens with one attached hydrogen (secondary N) is 1. The largest absolute Gasteiger partial charge is 0.326 e. The minimum atomic E-state index is -0.0134. The number of anilines is 2. The lowest BCUT2D eigenvalue weighted by molar-refractivity contribution is 0.616. The molecule has 0 saturated heterocycles. The van der Waals surface area contributed by atoms with Crippen LogP contribution in [-0.4, -0.2) is 9.55 Å². The highest BCUT2D eigenvalue weighted by Crippen LogP contribution is 2.19. The molecular formula is C18H18ClN3O. The van der Waals surface area contributed by atoms with Crippen LogP contribution in [0.4, 0.5) is 11.6 Å². The summed E-state index contributed by atoms with van der Waals surface area (Å²) in [6.45, 7) is 2.74. The molecule has 0 aliphatic carbocycles. The predicted octanol–water partition coefficient (Wildman–Crippen LogP) is 4.59. The summed E-state index contributed by atoms with van der Waals surface area (Å²) in [5.41, 5.74) is 1.53. The summed E-state index contributed by atoms with van der Waals surface area (Å²) in [5, 5.41) is 4.55. The fourth-order valence-corrected chi connectivity index (χ4v) is 2.58. The molecule has 4 nitrogen and oxygen atoms in total. The molecule has 0 bridgehead atoms. The van der Waals surface area contributed by atoms with Gasteiger partial charge < -0.3 is 5.32 Å². The van der Waals surface area contributed by atoms with Gasteiger partial charge in [-0.1, -0.05) is 37.1 Å². The summed E-state index contributed by atoms with van der Waals surface area (Å²) in [6, 6.07) is 14.8. The predicted molar refractivity (Wildman–Crippen MR) is 95.6 cm³/mol. The molecule has 0 radical (unpaired) electrons.